The third-order valence-corrected chi connectivity index (χ3v) is 7.10. The fraction of sp³-hybridized carbons (Fsp3) is 0.174. The van der Waals surface area contributed by atoms with Gasteiger partial charge in [0.25, 0.3) is 10.0 Å². The van der Waals surface area contributed by atoms with Gasteiger partial charge in [-0.15, -0.1) is 11.8 Å². The van der Waals surface area contributed by atoms with E-state index in [1.807, 2.05) is 50.2 Å². The Labute approximate surface area is 192 Å². The molecule has 3 rings (SSSR count). The van der Waals surface area contributed by atoms with Crippen LogP contribution in [0.15, 0.2) is 71.6 Å². The van der Waals surface area contributed by atoms with Crippen molar-refractivity contribution in [3.8, 4) is 0 Å². The van der Waals surface area contributed by atoms with E-state index in [1.54, 1.807) is 18.2 Å². The molecule has 31 heavy (non-hydrogen) atoms. The molecule has 2 N–H and O–H groups in total. The molecular formula is C23H23ClN2O3S2. The van der Waals surface area contributed by atoms with Crippen LogP contribution in [-0.2, 0) is 20.6 Å². The number of sulfonamides is 1. The van der Waals surface area contributed by atoms with Gasteiger partial charge >= 0.3 is 0 Å². The molecule has 0 aromatic heterocycles. The van der Waals surface area contributed by atoms with Crippen molar-refractivity contribution in [2.75, 3.05) is 15.8 Å². The van der Waals surface area contributed by atoms with E-state index in [0.717, 1.165) is 16.7 Å². The summed E-state index contributed by atoms with van der Waals surface area (Å²) in [7, 11) is -3.72. The summed E-state index contributed by atoms with van der Waals surface area (Å²) in [6, 6.07) is 19.2. The molecule has 0 spiro atoms. The summed E-state index contributed by atoms with van der Waals surface area (Å²) in [4.78, 5) is 12.3. The molecule has 0 unspecified atom stereocenters. The lowest BCUT2D eigenvalue weighted by molar-refractivity contribution is -0.113. The standard InChI is InChI=1S/C23H23ClN2O3S2/c1-16-6-7-17(2)22(12-16)26-31(28,29)21-10-8-20(9-11-21)25-23(27)15-30-14-18-4-3-5-19(24)13-18/h3-13,26H,14-15H2,1-2H3,(H,25,27). The molecule has 0 radical (unpaired) electrons. The fourth-order valence-corrected chi connectivity index (χ4v) is 4.96. The van der Waals surface area contributed by atoms with E-state index in [2.05, 4.69) is 10.0 Å². The third-order valence-electron chi connectivity index (χ3n) is 4.48. The summed E-state index contributed by atoms with van der Waals surface area (Å²) in [6.45, 7) is 3.75. The van der Waals surface area contributed by atoms with Crippen LogP contribution in [0.25, 0.3) is 0 Å². The lowest BCUT2D eigenvalue weighted by Crippen LogP contribution is -2.15. The molecule has 0 saturated carbocycles. The molecular weight excluding hydrogens is 452 g/mol. The maximum atomic E-state index is 12.7. The SMILES string of the molecule is Cc1ccc(C)c(NS(=O)(=O)c2ccc(NC(=O)CSCc3cccc(Cl)c3)cc2)c1. The Morgan fingerprint density at radius 2 is 1.74 bits per heavy atom. The van der Waals surface area contributed by atoms with E-state index >= 15 is 0 Å². The molecule has 1 amide bonds. The van der Waals surface area contributed by atoms with Crippen molar-refractivity contribution >= 4 is 50.7 Å². The number of anilines is 2. The van der Waals surface area contributed by atoms with Crippen molar-refractivity contribution in [1.82, 2.24) is 0 Å². The summed E-state index contributed by atoms with van der Waals surface area (Å²) in [5, 5.41) is 3.45. The lowest BCUT2D eigenvalue weighted by atomic mass is 10.1. The van der Waals surface area contributed by atoms with Gasteiger partial charge in [-0.1, -0.05) is 35.9 Å². The average Bonchev–Trinajstić information content (AvgIpc) is 2.71. The zero-order valence-corrected chi connectivity index (χ0v) is 19.6. The second kappa shape index (κ2) is 10.2. The van der Waals surface area contributed by atoms with Gasteiger partial charge in [0.2, 0.25) is 5.91 Å². The van der Waals surface area contributed by atoms with E-state index < -0.39 is 10.0 Å². The van der Waals surface area contributed by atoms with Gasteiger partial charge in [-0.25, -0.2) is 8.42 Å². The van der Waals surface area contributed by atoms with Crippen molar-refractivity contribution < 1.29 is 13.2 Å². The number of hydrogen-bond donors (Lipinski definition) is 2. The number of benzene rings is 3. The van der Waals surface area contributed by atoms with Gasteiger partial charge < -0.3 is 5.32 Å². The highest BCUT2D eigenvalue weighted by Crippen LogP contribution is 2.22. The van der Waals surface area contributed by atoms with E-state index in [0.29, 0.717) is 22.2 Å². The molecule has 0 fully saturated rings. The second-order valence-corrected chi connectivity index (χ2v) is 10.2. The van der Waals surface area contributed by atoms with Crippen LogP contribution in [0.5, 0.6) is 0 Å². The highest BCUT2D eigenvalue weighted by molar-refractivity contribution is 7.99. The molecule has 5 nitrogen and oxygen atoms in total. The molecule has 0 saturated heterocycles. The maximum absolute atomic E-state index is 12.7. The minimum absolute atomic E-state index is 0.127. The number of nitrogens with one attached hydrogen (secondary N) is 2. The smallest absolute Gasteiger partial charge is 0.261 e. The van der Waals surface area contributed by atoms with Crippen LogP contribution in [0.2, 0.25) is 5.02 Å². The Morgan fingerprint density at radius 1 is 1.00 bits per heavy atom. The average molecular weight is 475 g/mol. The van der Waals surface area contributed by atoms with Gasteiger partial charge in [-0.3, -0.25) is 9.52 Å². The molecule has 0 atom stereocenters. The maximum Gasteiger partial charge on any atom is 0.261 e. The Morgan fingerprint density at radius 3 is 2.45 bits per heavy atom. The van der Waals surface area contributed by atoms with Crippen LogP contribution >= 0.6 is 23.4 Å². The Bertz CT molecular complexity index is 1180. The van der Waals surface area contributed by atoms with E-state index in [9.17, 15) is 13.2 Å². The van der Waals surface area contributed by atoms with E-state index in [-0.39, 0.29) is 16.6 Å². The van der Waals surface area contributed by atoms with Crippen molar-refractivity contribution in [2.45, 2.75) is 24.5 Å². The molecule has 3 aromatic carbocycles. The number of hydrogen-bond acceptors (Lipinski definition) is 4. The van der Waals surface area contributed by atoms with Crippen molar-refractivity contribution in [1.29, 1.82) is 0 Å². The van der Waals surface area contributed by atoms with Crippen LogP contribution in [0.4, 0.5) is 11.4 Å². The lowest BCUT2D eigenvalue weighted by Gasteiger charge is -2.12. The summed E-state index contributed by atoms with van der Waals surface area (Å²) in [5.74, 6) is 0.798. The molecule has 0 aliphatic carbocycles. The third kappa shape index (κ3) is 6.75. The molecule has 0 heterocycles. The quantitative estimate of drug-likeness (QED) is 0.443. The molecule has 0 aliphatic heterocycles. The topological polar surface area (TPSA) is 75.3 Å². The van der Waals surface area contributed by atoms with Crippen LogP contribution in [-0.4, -0.2) is 20.1 Å². The van der Waals surface area contributed by atoms with Crippen LogP contribution in [0.3, 0.4) is 0 Å². The highest BCUT2D eigenvalue weighted by Gasteiger charge is 2.15. The highest BCUT2D eigenvalue weighted by atomic mass is 35.5. The second-order valence-electron chi connectivity index (χ2n) is 7.12. The van der Waals surface area contributed by atoms with Gasteiger partial charge in [0.15, 0.2) is 0 Å². The monoisotopic (exact) mass is 474 g/mol. The minimum Gasteiger partial charge on any atom is -0.325 e. The molecule has 162 valence electrons. The largest absolute Gasteiger partial charge is 0.325 e. The van der Waals surface area contributed by atoms with Crippen molar-refractivity contribution in [3.05, 3.63) is 88.4 Å². The molecule has 8 heteroatoms. The molecule has 3 aromatic rings. The summed E-state index contributed by atoms with van der Waals surface area (Å²) in [6.07, 6.45) is 0. The minimum atomic E-state index is -3.72. The number of rotatable bonds is 8. The van der Waals surface area contributed by atoms with Crippen LogP contribution < -0.4 is 10.0 Å². The number of carbonyl (C=O) groups is 1. The summed E-state index contributed by atoms with van der Waals surface area (Å²) >= 11 is 7.44. The van der Waals surface area contributed by atoms with E-state index in [4.69, 9.17) is 11.6 Å². The number of halogens is 1. The fourth-order valence-electron chi connectivity index (χ4n) is 2.85. The first-order valence-corrected chi connectivity index (χ1v) is 12.6. The number of amides is 1. The van der Waals surface area contributed by atoms with Gasteiger partial charge in [-0.05, 0) is 73.0 Å². The Hall–Kier alpha value is -2.48. The van der Waals surface area contributed by atoms with Crippen molar-refractivity contribution in [2.24, 2.45) is 0 Å². The van der Waals surface area contributed by atoms with Gasteiger partial charge in [0.05, 0.1) is 16.3 Å². The first kappa shape index (κ1) is 23.2. The zero-order chi connectivity index (χ0) is 22.4. The molecule has 0 bridgehead atoms. The summed E-state index contributed by atoms with van der Waals surface area (Å²) < 4.78 is 28.0. The predicted octanol–water partition coefficient (Wildman–Crippen LogP) is 5.63. The summed E-state index contributed by atoms with van der Waals surface area (Å²) in [5.41, 5.74) is 3.95. The normalized spacial score (nSPS) is 11.2. The number of thioether (sulfide) groups is 1. The predicted molar refractivity (Wildman–Crippen MR) is 129 cm³/mol. The first-order valence-electron chi connectivity index (χ1n) is 9.55. The number of aryl methyl sites for hydroxylation is 2. The Balaban J connectivity index is 1.56. The van der Waals surface area contributed by atoms with Crippen LogP contribution in [0.1, 0.15) is 16.7 Å². The van der Waals surface area contributed by atoms with E-state index in [1.165, 1.54) is 23.9 Å². The number of carbonyl (C=O) groups excluding carboxylic acids is 1. The van der Waals surface area contributed by atoms with Crippen LogP contribution in [0, 0.1) is 13.8 Å². The van der Waals surface area contributed by atoms with Gasteiger partial charge in [0, 0.05) is 16.5 Å². The van der Waals surface area contributed by atoms with Gasteiger partial charge in [0.1, 0.15) is 0 Å². The van der Waals surface area contributed by atoms with Crippen molar-refractivity contribution in [3.63, 3.8) is 0 Å². The molecule has 0 aliphatic rings. The first-order chi connectivity index (χ1) is 14.7. The van der Waals surface area contributed by atoms with Gasteiger partial charge in [-0.2, -0.15) is 0 Å². The Kier molecular flexibility index (Phi) is 7.64. The zero-order valence-electron chi connectivity index (χ0n) is 17.2.